The van der Waals surface area contributed by atoms with Crippen molar-refractivity contribution in [2.24, 2.45) is 0 Å². The predicted molar refractivity (Wildman–Crippen MR) is 148 cm³/mol. The highest BCUT2D eigenvalue weighted by Gasteiger charge is 2.21. The first kappa shape index (κ1) is 24.5. The standard InChI is InChI=1S/C29H25N7O3/c1-29(2,17-30)19-4-6-20(7-5-19)36-26-21(27(37)34-28(36)38)16-31-23-9-8-22(33-25(23)26)18-3-10-24(32-15-18)35-11-13-39-14-12-35/h3-10,15-16H,11-14H2,1-2H3,(H,34,37,38). The Balaban J connectivity index is 1.51. The molecule has 1 aromatic carbocycles. The molecule has 10 nitrogen and oxygen atoms in total. The van der Waals surface area contributed by atoms with Crippen molar-refractivity contribution in [1.29, 1.82) is 5.26 Å². The minimum absolute atomic E-state index is 0.244. The van der Waals surface area contributed by atoms with Gasteiger partial charge in [-0.1, -0.05) is 12.1 Å². The Morgan fingerprint density at radius 1 is 0.974 bits per heavy atom. The van der Waals surface area contributed by atoms with Gasteiger partial charge in [-0.25, -0.2) is 14.8 Å². The summed E-state index contributed by atoms with van der Waals surface area (Å²) >= 11 is 0. The summed E-state index contributed by atoms with van der Waals surface area (Å²) in [5, 5.41) is 9.74. The van der Waals surface area contributed by atoms with Crippen LogP contribution in [0.2, 0.25) is 0 Å². The van der Waals surface area contributed by atoms with E-state index in [0.717, 1.165) is 30.0 Å². The van der Waals surface area contributed by atoms with E-state index >= 15 is 0 Å². The Bertz CT molecular complexity index is 1860. The number of benzene rings is 1. The molecule has 0 saturated carbocycles. The number of aromatic amines is 1. The molecular weight excluding hydrogens is 494 g/mol. The monoisotopic (exact) mass is 519 g/mol. The van der Waals surface area contributed by atoms with Crippen molar-refractivity contribution in [2.45, 2.75) is 19.3 Å². The van der Waals surface area contributed by atoms with Crippen molar-refractivity contribution >= 4 is 27.8 Å². The van der Waals surface area contributed by atoms with E-state index in [0.29, 0.717) is 41.1 Å². The second-order valence-corrected chi connectivity index (χ2v) is 9.97. The van der Waals surface area contributed by atoms with E-state index in [9.17, 15) is 14.9 Å². The maximum Gasteiger partial charge on any atom is 0.333 e. The van der Waals surface area contributed by atoms with Crippen molar-refractivity contribution < 1.29 is 4.74 Å². The van der Waals surface area contributed by atoms with Gasteiger partial charge in [0.25, 0.3) is 5.56 Å². The van der Waals surface area contributed by atoms with Crippen LogP contribution in [0, 0.1) is 11.3 Å². The molecule has 4 aromatic heterocycles. The number of fused-ring (bicyclic) bond motifs is 3. The summed E-state index contributed by atoms with van der Waals surface area (Å²) in [7, 11) is 0. The van der Waals surface area contributed by atoms with Crippen LogP contribution < -0.4 is 16.1 Å². The van der Waals surface area contributed by atoms with Gasteiger partial charge in [0.2, 0.25) is 0 Å². The van der Waals surface area contributed by atoms with Crippen LogP contribution in [0.25, 0.3) is 38.9 Å². The Morgan fingerprint density at radius 3 is 2.44 bits per heavy atom. The molecule has 0 radical (unpaired) electrons. The molecule has 0 aliphatic carbocycles. The molecule has 194 valence electrons. The number of ether oxygens (including phenoxy) is 1. The lowest BCUT2D eigenvalue weighted by Crippen LogP contribution is -2.36. The molecule has 1 N–H and O–H groups in total. The third kappa shape index (κ3) is 4.32. The molecule has 0 amide bonds. The molecule has 6 rings (SSSR count). The Labute approximate surface area is 223 Å². The number of nitrogens with one attached hydrogen (secondary N) is 1. The van der Waals surface area contributed by atoms with Crippen LogP contribution in [-0.4, -0.2) is 50.8 Å². The number of hydrogen-bond acceptors (Lipinski definition) is 8. The van der Waals surface area contributed by atoms with E-state index in [1.54, 1.807) is 18.3 Å². The normalized spacial score (nSPS) is 14.0. The van der Waals surface area contributed by atoms with Crippen LogP contribution in [0.15, 0.2) is 70.5 Å². The maximum absolute atomic E-state index is 13.2. The van der Waals surface area contributed by atoms with Crippen LogP contribution in [-0.2, 0) is 10.2 Å². The molecule has 0 atom stereocenters. The zero-order chi connectivity index (χ0) is 27.1. The van der Waals surface area contributed by atoms with Crippen LogP contribution >= 0.6 is 0 Å². The lowest BCUT2D eigenvalue weighted by atomic mass is 9.86. The number of nitrogens with zero attached hydrogens (tertiary/aromatic N) is 6. The molecule has 1 saturated heterocycles. The summed E-state index contributed by atoms with van der Waals surface area (Å²) in [6.07, 6.45) is 3.23. The van der Waals surface area contributed by atoms with Gasteiger partial charge in [-0.15, -0.1) is 0 Å². The maximum atomic E-state index is 13.2. The molecule has 5 heterocycles. The Kier molecular flexibility index (Phi) is 5.93. The molecule has 1 aliphatic rings. The van der Waals surface area contributed by atoms with E-state index in [-0.39, 0.29) is 5.39 Å². The van der Waals surface area contributed by atoms with Crippen molar-refractivity contribution in [3.8, 4) is 23.0 Å². The minimum Gasteiger partial charge on any atom is -0.378 e. The van der Waals surface area contributed by atoms with Gasteiger partial charge in [0.05, 0.1) is 52.5 Å². The first-order chi connectivity index (χ1) is 18.9. The number of anilines is 1. The van der Waals surface area contributed by atoms with Crippen molar-refractivity contribution in [3.05, 3.63) is 87.3 Å². The van der Waals surface area contributed by atoms with Crippen molar-refractivity contribution in [3.63, 3.8) is 0 Å². The molecule has 1 aliphatic heterocycles. The van der Waals surface area contributed by atoms with Gasteiger partial charge >= 0.3 is 5.69 Å². The van der Waals surface area contributed by atoms with Gasteiger partial charge in [-0.05, 0) is 55.8 Å². The van der Waals surface area contributed by atoms with Crippen molar-refractivity contribution in [2.75, 3.05) is 31.2 Å². The highest BCUT2D eigenvalue weighted by atomic mass is 16.5. The summed E-state index contributed by atoms with van der Waals surface area (Å²) in [5.74, 6) is 0.873. The van der Waals surface area contributed by atoms with Gasteiger partial charge in [0, 0.05) is 31.0 Å². The first-order valence-electron chi connectivity index (χ1n) is 12.6. The summed E-state index contributed by atoms with van der Waals surface area (Å²) in [6, 6.07) is 17.0. The van der Waals surface area contributed by atoms with Crippen LogP contribution in [0.5, 0.6) is 0 Å². The number of pyridine rings is 3. The second-order valence-electron chi connectivity index (χ2n) is 9.97. The summed E-state index contributed by atoms with van der Waals surface area (Å²) in [4.78, 5) is 44.5. The number of nitriles is 1. The predicted octanol–water partition coefficient (Wildman–Crippen LogP) is 3.32. The summed E-state index contributed by atoms with van der Waals surface area (Å²) in [5.41, 5.74) is 2.32. The quantitative estimate of drug-likeness (QED) is 0.358. The molecule has 0 bridgehead atoms. The number of hydrogen-bond donors (Lipinski definition) is 1. The third-order valence-corrected chi connectivity index (χ3v) is 7.08. The Hall–Kier alpha value is -4.88. The highest BCUT2D eigenvalue weighted by Crippen LogP contribution is 2.27. The van der Waals surface area contributed by atoms with Crippen LogP contribution in [0.4, 0.5) is 5.82 Å². The van der Waals surface area contributed by atoms with Crippen molar-refractivity contribution in [1.82, 2.24) is 24.5 Å². The van der Waals surface area contributed by atoms with E-state index in [1.807, 2.05) is 50.2 Å². The Morgan fingerprint density at radius 2 is 1.74 bits per heavy atom. The molecule has 39 heavy (non-hydrogen) atoms. The molecule has 0 spiro atoms. The van der Waals surface area contributed by atoms with Gasteiger partial charge in [-0.2, -0.15) is 5.26 Å². The fourth-order valence-corrected chi connectivity index (χ4v) is 4.78. The molecule has 10 heteroatoms. The first-order valence-corrected chi connectivity index (χ1v) is 12.6. The fraction of sp³-hybridized carbons (Fsp3) is 0.241. The largest absolute Gasteiger partial charge is 0.378 e. The average molecular weight is 520 g/mol. The van der Waals surface area contributed by atoms with Gasteiger partial charge in [0.15, 0.2) is 0 Å². The fourth-order valence-electron chi connectivity index (χ4n) is 4.78. The van der Waals surface area contributed by atoms with E-state index in [1.165, 1.54) is 10.8 Å². The van der Waals surface area contributed by atoms with E-state index < -0.39 is 16.7 Å². The van der Waals surface area contributed by atoms with E-state index in [4.69, 9.17) is 9.72 Å². The molecular formula is C29H25N7O3. The van der Waals surface area contributed by atoms with Crippen LogP contribution in [0.3, 0.4) is 0 Å². The third-order valence-electron chi connectivity index (χ3n) is 7.08. The number of H-pyrrole nitrogens is 1. The molecule has 1 fully saturated rings. The SMILES string of the molecule is CC(C)(C#N)c1ccc(-n2c(=O)[nH]c(=O)c3cnc4ccc(-c5ccc(N6CCOCC6)nc5)nc4c32)cc1. The smallest absolute Gasteiger partial charge is 0.333 e. The van der Waals surface area contributed by atoms with Gasteiger partial charge in [0.1, 0.15) is 11.3 Å². The number of rotatable bonds is 4. The zero-order valence-corrected chi connectivity index (χ0v) is 21.5. The van der Waals surface area contributed by atoms with Crippen LogP contribution in [0.1, 0.15) is 19.4 Å². The highest BCUT2D eigenvalue weighted by molar-refractivity contribution is 6.01. The zero-order valence-electron chi connectivity index (χ0n) is 21.5. The molecule has 5 aromatic rings. The summed E-state index contributed by atoms with van der Waals surface area (Å²) in [6.45, 7) is 6.59. The average Bonchev–Trinajstić information content (AvgIpc) is 2.97. The van der Waals surface area contributed by atoms with E-state index in [2.05, 4.69) is 25.9 Å². The lowest BCUT2D eigenvalue weighted by Gasteiger charge is -2.27. The molecule has 0 unspecified atom stereocenters. The van der Waals surface area contributed by atoms with Gasteiger partial charge in [-0.3, -0.25) is 19.3 Å². The summed E-state index contributed by atoms with van der Waals surface area (Å²) < 4.78 is 6.86. The topological polar surface area (TPSA) is 130 Å². The number of morpholine rings is 1. The van der Waals surface area contributed by atoms with Gasteiger partial charge < -0.3 is 9.64 Å². The minimum atomic E-state index is -0.686. The lowest BCUT2D eigenvalue weighted by molar-refractivity contribution is 0.122. The second kappa shape index (κ2) is 9.45. The number of aromatic nitrogens is 5.